The lowest BCUT2D eigenvalue weighted by atomic mass is 10.1. The van der Waals surface area contributed by atoms with Crippen LogP contribution in [0.15, 0.2) is 24.3 Å². The maximum Gasteiger partial charge on any atom is 0.241 e. The number of rotatable bonds is 5. The zero-order chi connectivity index (χ0) is 14.7. The Labute approximate surface area is 119 Å². The van der Waals surface area contributed by atoms with Crippen LogP contribution in [-0.4, -0.2) is 48.9 Å². The summed E-state index contributed by atoms with van der Waals surface area (Å²) in [5, 5.41) is 3.24. The number of nitrogens with one attached hydrogen (secondary N) is 1. The number of carbonyl (C=O) groups excluding carboxylic acids is 1. The fourth-order valence-corrected chi connectivity index (χ4v) is 2.47. The maximum absolute atomic E-state index is 14.0. The van der Waals surface area contributed by atoms with E-state index in [4.69, 9.17) is 0 Å². The van der Waals surface area contributed by atoms with E-state index in [1.165, 1.54) is 6.07 Å². The maximum atomic E-state index is 14.0. The van der Waals surface area contributed by atoms with Gasteiger partial charge in [0.2, 0.25) is 5.91 Å². The minimum absolute atomic E-state index is 0.0580. The molecule has 0 aromatic heterocycles. The molecular weight excluding hydrogens is 257 g/mol. The molecule has 20 heavy (non-hydrogen) atoms. The van der Waals surface area contributed by atoms with E-state index in [1.54, 1.807) is 23.1 Å². The summed E-state index contributed by atoms with van der Waals surface area (Å²) in [7, 11) is 3.92. The molecule has 1 aliphatic rings. The van der Waals surface area contributed by atoms with Gasteiger partial charge in [-0.15, -0.1) is 0 Å². The number of nitrogens with zero attached hydrogens (tertiary/aromatic N) is 2. The Morgan fingerprint density at radius 3 is 2.65 bits per heavy atom. The van der Waals surface area contributed by atoms with Gasteiger partial charge in [-0.1, -0.05) is 25.1 Å². The molecule has 4 nitrogen and oxygen atoms in total. The number of hydrogen-bond acceptors (Lipinski definition) is 3. The van der Waals surface area contributed by atoms with Crippen LogP contribution < -0.4 is 5.32 Å². The van der Waals surface area contributed by atoms with E-state index < -0.39 is 0 Å². The van der Waals surface area contributed by atoms with E-state index in [-0.39, 0.29) is 23.9 Å². The molecule has 1 saturated heterocycles. The molecule has 0 saturated carbocycles. The first-order chi connectivity index (χ1) is 9.54. The summed E-state index contributed by atoms with van der Waals surface area (Å²) >= 11 is 0. The second-order valence-electron chi connectivity index (χ2n) is 5.39. The standard InChI is InChI=1S/C15H22FN3O/c1-4-13-15(20)19(10-9-18(2)3)14(17-13)11-7-5-6-8-12(11)16/h5-8,13-14,17H,4,9-10H2,1-3H3. The van der Waals surface area contributed by atoms with Crippen LogP contribution in [0.3, 0.4) is 0 Å². The van der Waals surface area contributed by atoms with Gasteiger partial charge in [-0.25, -0.2) is 4.39 Å². The van der Waals surface area contributed by atoms with Crippen LogP contribution in [0.1, 0.15) is 25.1 Å². The third-order valence-corrected chi connectivity index (χ3v) is 3.65. The number of likely N-dealkylation sites (N-methyl/N-ethyl adjacent to an activating group) is 1. The van der Waals surface area contributed by atoms with Gasteiger partial charge in [0.1, 0.15) is 12.0 Å². The van der Waals surface area contributed by atoms with E-state index in [0.29, 0.717) is 18.5 Å². The molecule has 1 heterocycles. The summed E-state index contributed by atoms with van der Waals surface area (Å²) in [6.07, 6.45) is 0.344. The lowest BCUT2D eigenvalue weighted by Gasteiger charge is -2.26. The van der Waals surface area contributed by atoms with Crippen LogP contribution in [-0.2, 0) is 4.79 Å². The molecule has 2 atom stereocenters. The van der Waals surface area contributed by atoms with Gasteiger partial charge in [-0.05, 0) is 26.6 Å². The van der Waals surface area contributed by atoms with E-state index in [9.17, 15) is 9.18 Å². The highest BCUT2D eigenvalue weighted by Gasteiger charge is 2.39. The van der Waals surface area contributed by atoms with Crippen molar-refractivity contribution in [1.29, 1.82) is 0 Å². The fourth-order valence-electron chi connectivity index (χ4n) is 2.47. The largest absolute Gasteiger partial charge is 0.320 e. The third-order valence-electron chi connectivity index (χ3n) is 3.65. The summed E-state index contributed by atoms with van der Waals surface area (Å²) in [6.45, 7) is 3.31. The van der Waals surface area contributed by atoms with Crippen LogP contribution in [0.2, 0.25) is 0 Å². The van der Waals surface area contributed by atoms with Crippen molar-refractivity contribution in [1.82, 2.24) is 15.1 Å². The second-order valence-corrected chi connectivity index (χ2v) is 5.39. The highest BCUT2D eigenvalue weighted by atomic mass is 19.1. The molecule has 110 valence electrons. The Bertz CT molecular complexity index is 478. The molecule has 1 aromatic rings. The monoisotopic (exact) mass is 279 g/mol. The normalized spacial score (nSPS) is 22.9. The van der Waals surface area contributed by atoms with Crippen molar-refractivity contribution in [3.05, 3.63) is 35.6 Å². The van der Waals surface area contributed by atoms with Gasteiger partial charge in [0.25, 0.3) is 0 Å². The third kappa shape index (κ3) is 2.99. The molecule has 0 bridgehead atoms. The summed E-state index contributed by atoms with van der Waals surface area (Å²) in [6, 6.07) is 6.42. The molecule has 1 N–H and O–H groups in total. The van der Waals surface area contributed by atoms with Crippen LogP contribution in [0.25, 0.3) is 0 Å². The molecule has 0 radical (unpaired) electrons. The first-order valence-electron chi connectivity index (χ1n) is 7.00. The molecule has 1 aliphatic heterocycles. The minimum atomic E-state index is -0.367. The van der Waals surface area contributed by atoms with Crippen molar-refractivity contribution in [2.45, 2.75) is 25.6 Å². The summed E-state index contributed by atoms with van der Waals surface area (Å²) in [4.78, 5) is 16.1. The van der Waals surface area contributed by atoms with Gasteiger partial charge in [0.05, 0.1) is 6.04 Å². The zero-order valence-electron chi connectivity index (χ0n) is 12.3. The Balaban J connectivity index is 2.24. The highest BCUT2D eigenvalue weighted by Crippen LogP contribution is 2.27. The topological polar surface area (TPSA) is 35.6 Å². The van der Waals surface area contributed by atoms with Gasteiger partial charge in [-0.3, -0.25) is 10.1 Å². The van der Waals surface area contributed by atoms with Crippen molar-refractivity contribution in [2.24, 2.45) is 0 Å². The van der Waals surface area contributed by atoms with Gasteiger partial charge in [0, 0.05) is 18.7 Å². The summed E-state index contributed by atoms with van der Waals surface area (Å²) < 4.78 is 14.0. The number of carbonyl (C=O) groups is 1. The number of amides is 1. The zero-order valence-corrected chi connectivity index (χ0v) is 12.3. The minimum Gasteiger partial charge on any atom is -0.320 e. The molecule has 2 rings (SSSR count). The molecule has 5 heteroatoms. The van der Waals surface area contributed by atoms with Crippen molar-refractivity contribution in [3.63, 3.8) is 0 Å². The molecule has 2 unspecified atom stereocenters. The van der Waals surface area contributed by atoms with Crippen LogP contribution in [0.5, 0.6) is 0 Å². The van der Waals surface area contributed by atoms with Gasteiger partial charge in [0.15, 0.2) is 0 Å². The Morgan fingerprint density at radius 2 is 2.05 bits per heavy atom. The van der Waals surface area contributed by atoms with Crippen molar-refractivity contribution in [3.8, 4) is 0 Å². The van der Waals surface area contributed by atoms with Crippen molar-refractivity contribution < 1.29 is 9.18 Å². The predicted molar refractivity (Wildman–Crippen MR) is 76.6 cm³/mol. The van der Waals surface area contributed by atoms with Gasteiger partial charge >= 0.3 is 0 Å². The Morgan fingerprint density at radius 1 is 1.35 bits per heavy atom. The Kier molecular flexibility index (Phi) is 4.73. The summed E-state index contributed by atoms with van der Waals surface area (Å²) in [5.74, 6) is -0.216. The number of halogens is 1. The average Bonchev–Trinajstić information content (AvgIpc) is 2.73. The van der Waals surface area contributed by atoms with Crippen LogP contribution in [0, 0.1) is 5.82 Å². The summed E-state index contributed by atoms with van der Waals surface area (Å²) in [5.41, 5.74) is 0.538. The molecule has 0 aliphatic carbocycles. The lowest BCUT2D eigenvalue weighted by Crippen LogP contribution is -2.36. The second kappa shape index (κ2) is 6.33. The van der Waals surface area contributed by atoms with Gasteiger partial charge < -0.3 is 9.80 Å². The fraction of sp³-hybridized carbons (Fsp3) is 0.533. The molecule has 1 fully saturated rings. The molecule has 1 amide bonds. The predicted octanol–water partition coefficient (Wildman–Crippen LogP) is 1.60. The Hall–Kier alpha value is -1.46. The first-order valence-corrected chi connectivity index (χ1v) is 7.00. The molecule has 0 spiro atoms. The van der Waals surface area contributed by atoms with Crippen LogP contribution >= 0.6 is 0 Å². The highest BCUT2D eigenvalue weighted by molar-refractivity contribution is 5.84. The number of benzene rings is 1. The molecular formula is C15H22FN3O. The van der Waals surface area contributed by atoms with E-state index in [2.05, 4.69) is 5.32 Å². The van der Waals surface area contributed by atoms with E-state index in [1.807, 2.05) is 25.9 Å². The molecule has 1 aromatic carbocycles. The quantitative estimate of drug-likeness (QED) is 0.889. The lowest BCUT2D eigenvalue weighted by molar-refractivity contribution is -0.130. The SMILES string of the molecule is CCC1NC(c2ccccc2F)N(CCN(C)C)C1=O. The van der Waals surface area contributed by atoms with Crippen molar-refractivity contribution in [2.75, 3.05) is 27.2 Å². The van der Waals surface area contributed by atoms with E-state index in [0.717, 1.165) is 6.54 Å². The number of hydrogen-bond donors (Lipinski definition) is 1. The van der Waals surface area contributed by atoms with Gasteiger partial charge in [-0.2, -0.15) is 0 Å². The first kappa shape index (κ1) is 14.9. The average molecular weight is 279 g/mol. The van der Waals surface area contributed by atoms with E-state index >= 15 is 0 Å². The van der Waals surface area contributed by atoms with Crippen molar-refractivity contribution >= 4 is 5.91 Å². The smallest absolute Gasteiger partial charge is 0.241 e. The van der Waals surface area contributed by atoms with Crippen LogP contribution in [0.4, 0.5) is 4.39 Å².